The number of sulfonamides is 1. The Morgan fingerprint density at radius 1 is 1.14 bits per heavy atom. The summed E-state index contributed by atoms with van der Waals surface area (Å²) in [5, 5.41) is 13.8. The Labute approximate surface area is 217 Å². The van der Waals surface area contributed by atoms with Gasteiger partial charge in [-0.1, -0.05) is 37.8 Å². The number of non-ortho nitro benzene ring substituents is 1. The van der Waals surface area contributed by atoms with Crippen molar-refractivity contribution in [2.75, 3.05) is 0 Å². The minimum absolute atomic E-state index is 0.140. The van der Waals surface area contributed by atoms with Crippen molar-refractivity contribution in [1.82, 2.24) is 5.32 Å². The molecule has 0 saturated heterocycles. The Balaban J connectivity index is 2.57. The van der Waals surface area contributed by atoms with Crippen LogP contribution in [0.4, 0.5) is 10.5 Å². The predicted octanol–water partition coefficient (Wildman–Crippen LogP) is 5.65. The highest BCUT2D eigenvalue weighted by atomic mass is 32.2. The lowest BCUT2D eigenvalue weighted by atomic mass is 9.93. The molecule has 37 heavy (non-hydrogen) atoms. The molecule has 0 aromatic heterocycles. The molecule has 0 aliphatic rings. The lowest BCUT2D eigenvalue weighted by molar-refractivity contribution is -0.384. The number of nitrogens with zero attached hydrogens (tertiary/aromatic N) is 2. The van der Waals surface area contributed by atoms with Crippen LogP contribution in [0.25, 0.3) is 6.08 Å². The predicted molar refractivity (Wildman–Crippen MR) is 142 cm³/mol. The third-order valence-corrected chi connectivity index (χ3v) is 6.27. The summed E-state index contributed by atoms with van der Waals surface area (Å²) in [5.74, 6) is -0.902. The molecule has 0 aliphatic carbocycles. The van der Waals surface area contributed by atoms with E-state index < -0.39 is 44.7 Å². The van der Waals surface area contributed by atoms with Gasteiger partial charge in [-0.3, -0.25) is 10.1 Å². The molecule has 2 unspecified atom stereocenters. The zero-order chi connectivity index (χ0) is 28.0. The van der Waals surface area contributed by atoms with Gasteiger partial charge in [0.05, 0.1) is 27.9 Å². The van der Waals surface area contributed by atoms with Crippen LogP contribution in [0.5, 0.6) is 0 Å². The smallest absolute Gasteiger partial charge is 0.408 e. The Morgan fingerprint density at radius 2 is 1.76 bits per heavy atom. The highest BCUT2D eigenvalue weighted by molar-refractivity contribution is 7.90. The number of hydrogen-bond donors (Lipinski definition) is 1. The second-order valence-electron chi connectivity index (χ2n) is 9.61. The molecule has 0 aliphatic heterocycles. The fraction of sp³-hybridized carbons (Fsp3) is 0.385. The van der Waals surface area contributed by atoms with Crippen molar-refractivity contribution < 1.29 is 27.6 Å². The topological polar surface area (TPSA) is 137 Å². The van der Waals surface area contributed by atoms with E-state index in [-0.39, 0.29) is 16.5 Å². The third kappa shape index (κ3) is 8.71. The molecule has 11 heteroatoms. The van der Waals surface area contributed by atoms with Crippen LogP contribution < -0.4 is 5.32 Å². The molecule has 0 radical (unpaired) electrons. The number of nitro groups is 1. The Kier molecular flexibility index (Phi) is 9.57. The molecule has 2 atom stereocenters. The Hall–Kier alpha value is -3.73. The molecular weight excluding hydrogens is 498 g/mol. The van der Waals surface area contributed by atoms with E-state index in [2.05, 4.69) is 16.3 Å². The Bertz CT molecular complexity index is 1260. The second-order valence-corrected chi connectivity index (χ2v) is 11.2. The molecule has 1 N–H and O–H groups in total. The van der Waals surface area contributed by atoms with E-state index in [1.807, 2.05) is 12.1 Å². The van der Waals surface area contributed by atoms with Gasteiger partial charge >= 0.3 is 6.09 Å². The average Bonchev–Trinajstić information content (AvgIpc) is 2.80. The number of carbonyl (C=O) groups excluding carboxylic acids is 1. The third-order valence-electron chi connectivity index (χ3n) is 4.98. The van der Waals surface area contributed by atoms with E-state index >= 15 is 0 Å². The van der Waals surface area contributed by atoms with Crippen molar-refractivity contribution in [2.24, 2.45) is 10.3 Å². The summed E-state index contributed by atoms with van der Waals surface area (Å²) in [5.41, 5.74) is 0.440. The molecule has 0 heterocycles. The molecule has 0 spiro atoms. The second kappa shape index (κ2) is 12.0. The number of carbonyl (C=O) groups is 1. The van der Waals surface area contributed by atoms with Gasteiger partial charge < -0.3 is 14.8 Å². The van der Waals surface area contributed by atoms with Gasteiger partial charge in [-0.05, 0) is 63.9 Å². The van der Waals surface area contributed by atoms with Crippen molar-refractivity contribution in [2.45, 2.75) is 64.2 Å². The first kappa shape index (κ1) is 29.5. The van der Waals surface area contributed by atoms with Crippen LogP contribution in [-0.2, 0) is 19.5 Å². The van der Waals surface area contributed by atoms with E-state index in [4.69, 9.17) is 9.47 Å². The van der Waals surface area contributed by atoms with Crippen molar-refractivity contribution in [3.05, 3.63) is 76.4 Å². The molecular formula is C26H33N3O7S. The van der Waals surface area contributed by atoms with Gasteiger partial charge in [0.15, 0.2) is 0 Å². The summed E-state index contributed by atoms with van der Waals surface area (Å²) in [6, 6.07) is 10.8. The van der Waals surface area contributed by atoms with Crippen LogP contribution in [0.15, 0.2) is 64.4 Å². The standard InChI is InChI=1S/C26H33N3O7S/c1-8-19-10-9-11-20(16-19)23(27-25(30)36-26(5,6)7)18(4)24(35-17(2)3)28-37(33,34)22-14-12-21(13-15-22)29(31)32/h8-18,23H,1H2,2-7H3,(H,27,30). The van der Waals surface area contributed by atoms with Crippen LogP contribution in [0, 0.1) is 16.0 Å². The number of alkyl carbamates (subject to hydrolysis) is 1. The fourth-order valence-electron chi connectivity index (χ4n) is 3.32. The minimum atomic E-state index is -4.30. The number of nitrogens with one attached hydrogen (secondary N) is 1. The maximum absolute atomic E-state index is 13.1. The van der Waals surface area contributed by atoms with Crippen LogP contribution >= 0.6 is 0 Å². The summed E-state index contributed by atoms with van der Waals surface area (Å²) in [6.45, 7) is 14.1. The highest BCUT2D eigenvalue weighted by Gasteiger charge is 2.31. The van der Waals surface area contributed by atoms with E-state index in [0.717, 1.165) is 29.8 Å². The zero-order valence-electron chi connectivity index (χ0n) is 21.8. The molecule has 10 nitrogen and oxygen atoms in total. The molecule has 0 saturated carbocycles. The van der Waals surface area contributed by atoms with Crippen LogP contribution in [0.2, 0.25) is 0 Å². The van der Waals surface area contributed by atoms with Gasteiger partial charge in [-0.15, -0.1) is 4.40 Å². The molecule has 2 aromatic carbocycles. The first-order valence-electron chi connectivity index (χ1n) is 11.6. The zero-order valence-corrected chi connectivity index (χ0v) is 22.6. The number of amides is 1. The Morgan fingerprint density at radius 3 is 2.27 bits per heavy atom. The van der Waals surface area contributed by atoms with E-state index in [0.29, 0.717) is 5.56 Å². The first-order valence-corrected chi connectivity index (χ1v) is 13.0. The van der Waals surface area contributed by atoms with Gasteiger partial charge in [-0.25, -0.2) is 4.79 Å². The lowest BCUT2D eigenvalue weighted by Crippen LogP contribution is -2.40. The maximum atomic E-state index is 13.1. The summed E-state index contributed by atoms with van der Waals surface area (Å²) < 4.78 is 41.4. The fourth-order valence-corrected chi connectivity index (χ4v) is 4.35. The molecule has 200 valence electrons. The number of rotatable bonds is 9. The monoisotopic (exact) mass is 531 g/mol. The molecule has 2 rings (SSSR count). The van der Waals surface area contributed by atoms with Crippen molar-refractivity contribution in [3.8, 4) is 0 Å². The van der Waals surface area contributed by atoms with Crippen molar-refractivity contribution in [1.29, 1.82) is 0 Å². The number of nitro benzene ring substituents is 1. The number of hydrogen-bond acceptors (Lipinski definition) is 7. The minimum Gasteiger partial charge on any atom is -0.477 e. The molecule has 1 amide bonds. The highest BCUT2D eigenvalue weighted by Crippen LogP contribution is 2.28. The molecule has 0 bridgehead atoms. The van der Waals surface area contributed by atoms with E-state index in [1.54, 1.807) is 59.8 Å². The summed E-state index contributed by atoms with van der Waals surface area (Å²) in [6.07, 6.45) is 0.516. The number of ether oxygens (including phenoxy) is 2. The van der Waals surface area contributed by atoms with Gasteiger partial charge in [0.2, 0.25) is 5.90 Å². The van der Waals surface area contributed by atoms with Crippen molar-refractivity contribution >= 4 is 33.8 Å². The quantitative estimate of drug-likeness (QED) is 0.191. The van der Waals surface area contributed by atoms with Gasteiger partial charge in [0.25, 0.3) is 15.7 Å². The van der Waals surface area contributed by atoms with Gasteiger partial charge in [0, 0.05) is 12.1 Å². The lowest BCUT2D eigenvalue weighted by Gasteiger charge is -2.29. The van der Waals surface area contributed by atoms with Crippen LogP contribution in [0.1, 0.15) is 58.7 Å². The van der Waals surface area contributed by atoms with Crippen LogP contribution in [-0.4, -0.2) is 37.0 Å². The first-order chi connectivity index (χ1) is 17.1. The van der Waals surface area contributed by atoms with Gasteiger partial charge in [-0.2, -0.15) is 8.42 Å². The molecule has 0 fully saturated rings. The summed E-state index contributed by atoms with van der Waals surface area (Å²) in [7, 11) is -4.30. The van der Waals surface area contributed by atoms with E-state index in [1.165, 1.54) is 0 Å². The van der Waals surface area contributed by atoms with Crippen LogP contribution in [0.3, 0.4) is 0 Å². The largest absolute Gasteiger partial charge is 0.477 e. The van der Waals surface area contributed by atoms with Gasteiger partial charge in [0.1, 0.15) is 5.60 Å². The average molecular weight is 532 g/mol. The molecule has 2 aromatic rings. The normalized spacial score (nSPS) is 14.0. The van der Waals surface area contributed by atoms with Crippen molar-refractivity contribution in [3.63, 3.8) is 0 Å². The number of benzene rings is 2. The SMILES string of the molecule is C=Cc1cccc(C(NC(=O)OC(C)(C)C)C(C)C(=NS(=O)(=O)c2ccc([N+](=O)[O-])cc2)OC(C)C)c1. The van der Waals surface area contributed by atoms with E-state index in [9.17, 15) is 23.3 Å². The maximum Gasteiger partial charge on any atom is 0.408 e. The summed E-state index contributed by atoms with van der Waals surface area (Å²) in [4.78, 5) is 22.8. The summed E-state index contributed by atoms with van der Waals surface area (Å²) >= 11 is 0.